The number of rotatable bonds is 5. The highest BCUT2D eigenvalue weighted by Crippen LogP contribution is 2.21. The lowest BCUT2D eigenvalue weighted by Gasteiger charge is -2.02. The van der Waals surface area contributed by atoms with Gasteiger partial charge >= 0.3 is 0 Å². The Hall–Kier alpha value is -4.30. The molecule has 1 aromatic heterocycles. The fourth-order valence-electron chi connectivity index (χ4n) is 3.07. The van der Waals surface area contributed by atoms with E-state index in [4.69, 9.17) is 0 Å². The molecule has 0 saturated heterocycles. The molecule has 0 saturated carbocycles. The van der Waals surface area contributed by atoms with Crippen LogP contribution in [0.5, 0.6) is 0 Å². The van der Waals surface area contributed by atoms with Crippen molar-refractivity contribution in [2.45, 2.75) is 0 Å². The molecule has 4 aromatic rings. The highest BCUT2D eigenvalue weighted by molar-refractivity contribution is 6.18. The van der Waals surface area contributed by atoms with Crippen molar-refractivity contribution >= 4 is 11.6 Å². The number of hydrogen-bond donors (Lipinski definition) is 0. The Morgan fingerprint density at radius 1 is 0.759 bits per heavy atom. The summed E-state index contributed by atoms with van der Waals surface area (Å²) in [5, 5.41) is 13.8. The van der Waals surface area contributed by atoms with Crippen molar-refractivity contribution in [1.82, 2.24) is 9.78 Å². The molecule has 0 fully saturated rings. The number of hydrogen-bond acceptors (Lipinski definition) is 4. The second-order valence-corrected chi connectivity index (χ2v) is 6.36. The molecule has 0 aliphatic heterocycles. The first kappa shape index (κ1) is 18.1. The molecule has 4 rings (SSSR count). The van der Waals surface area contributed by atoms with Crippen molar-refractivity contribution in [1.29, 1.82) is 5.26 Å². The van der Waals surface area contributed by atoms with Gasteiger partial charge in [-0.25, -0.2) is 4.68 Å². The van der Waals surface area contributed by atoms with Crippen LogP contribution in [0, 0.1) is 11.3 Å². The van der Waals surface area contributed by atoms with Crippen LogP contribution >= 0.6 is 0 Å². The maximum atomic E-state index is 13.1. The van der Waals surface area contributed by atoms with Crippen LogP contribution in [-0.4, -0.2) is 21.3 Å². The number of ketones is 2. The van der Waals surface area contributed by atoms with Crippen LogP contribution in [0.1, 0.15) is 37.5 Å². The van der Waals surface area contributed by atoms with Crippen LogP contribution in [0.15, 0.2) is 91.1 Å². The summed E-state index contributed by atoms with van der Waals surface area (Å²) < 4.78 is 1.42. The van der Waals surface area contributed by atoms with Crippen molar-refractivity contribution in [3.63, 3.8) is 0 Å². The molecule has 29 heavy (non-hydrogen) atoms. The first-order chi connectivity index (χ1) is 14.2. The van der Waals surface area contributed by atoms with E-state index in [1.165, 1.54) is 10.9 Å². The molecule has 0 amide bonds. The van der Waals surface area contributed by atoms with Gasteiger partial charge in [0, 0.05) is 17.3 Å². The van der Waals surface area contributed by atoms with Crippen LogP contribution in [0.2, 0.25) is 0 Å². The topological polar surface area (TPSA) is 75.8 Å². The van der Waals surface area contributed by atoms with E-state index in [0.29, 0.717) is 22.4 Å². The van der Waals surface area contributed by atoms with Gasteiger partial charge in [-0.3, -0.25) is 9.59 Å². The summed E-state index contributed by atoms with van der Waals surface area (Å²) in [7, 11) is 0. The third-order valence-electron chi connectivity index (χ3n) is 4.52. The average Bonchev–Trinajstić information content (AvgIpc) is 3.24. The smallest absolute Gasteiger partial charge is 0.214 e. The zero-order valence-electron chi connectivity index (χ0n) is 15.3. The molecule has 138 valence electrons. The van der Waals surface area contributed by atoms with Crippen LogP contribution in [0.4, 0.5) is 0 Å². The molecule has 0 aliphatic carbocycles. The first-order valence-electron chi connectivity index (χ1n) is 8.97. The van der Waals surface area contributed by atoms with E-state index in [0.717, 1.165) is 0 Å². The molecule has 0 aliphatic rings. The summed E-state index contributed by atoms with van der Waals surface area (Å²) >= 11 is 0. The van der Waals surface area contributed by atoms with Gasteiger partial charge in [0.15, 0.2) is 5.78 Å². The summed E-state index contributed by atoms with van der Waals surface area (Å²) in [4.78, 5) is 26.2. The average molecular weight is 377 g/mol. The van der Waals surface area contributed by atoms with Gasteiger partial charge in [0.05, 0.1) is 16.8 Å². The number of aromatic nitrogens is 2. The van der Waals surface area contributed by atoms with Crippen molar-refractivity contribution in [2.24, 2.45) is 0 Å². The number of nitriles is 1. The Bertz CT molecular complexity index is 1170. The highest BCUT2D eigenvalue weighted by atomic mass is 16.1. The molecule has 0 unspecified atom stereocenters. The highest BCUT2D eigenvalue weighted by Gasteiger charge is 2.25. The Kier molecular flexibility index (Phi) is 4.83. The summed E-state index contributed by atoms with van der Waals surface area (Å²) in [5.74, 6) is -0.649. The van der Waals surface area contributed by atoms with Crippen LogP contribution < -0.4 is 0 Å². The lowest BCUT2D eigenvalue weighted by Crippen LogP contribution is -2.10. The third kappa shape index (κ3) is 3.47. The Balaban J connectivity index is 1.89. The summed E-state index contributed by atoms with van der Waals surface area (Å²) in [6.07, 6.45) is 1.52. The second-order valence-electron chi connectivity index (χ2n) is 6.36. The quantitative estimate of drug-likeness (QED) is 0.488. The lowest BCUT2D eigenvalue weighted by atomic mass is 9.99. The van der Waals surface area contributed by atoms with E-state index in [2.05, 4.69) is 11.2 Å². The molecule has 0 bridgehead atoms. The van der Waals surface area contributed by atoms with Gasteiger partial charge in [-0.05, 0) is 12.1 Å². The summed E-state index contributed by atoms with van der Waals surface area (Å²) in [6, 6.07) is 26.4. The van der Waals surface area contributed by atoms with Crippen molar-refractivity contribution < 1.29 is 9.59 Å². The zero-order valence-corrected chi connectivity index (χ0v) is 15.3. The molecule has 0 N–H and O–H groups in total. The fourth-order valence-corrected chi connectivity index (χ4v) is 3.07. The normalized spacial score (nSPS) is 10.3. The zero-order chi connectivity index (χ0) is 20.2. The third-order valence-corrected chi connectivity index (χ3v) is 4.52. The Labute approximate surface area is 167 Å². The van der Waals surface area contributed by atoms with Crippen LogP contribution in [0.3, 0.4) is 0 Å². The molecule has 5 nitrogen and oxygen atoms in total. The first-order valence-corrected chi connectivity index (χ1v) is 8.97. The number of para-hydroxylation sites is 1. The van der Waals surface area contributed by atoms with Gasteiger partial charge in [-0.1, -0.05) is 72.8 Å². The summed E-state index contributed by atoms with van der Waals surface area (Å²) in [5.41, 5.74) is 2.04. The van der Waals surface area contributed by atoms with E-state index in [1.54, 1.807) is 72.8 Å². The van der Waals surface area contributed by atoms with Gasteiger partial charge in [-0.2, -0.15) is 10.4 Å². The maximum Gasteiger partial charge on any atom is 0.214 e. The monoisotopic (exact) mass is 377 g/mol. The molecular formula is C24H15N3O2. The molecule has 0 atom stereocenters. The standard InChI is InChI=1S/C24H15N3O2/c25-15-19-13-7-8-14-21(19)27-16-20(23(28)17-9-3-1-4-10-17)22(26-27)24(29)18-11-5-2-6-12-18/h1-14,16H. The van der Waals surface area contributed by atoms with Gasteiger partial charge in [0.25, 0.3) is 0 Å². The van der Waals surface area contributed by atoms with Crippen molar-refractivity contribution in [2.75, 3.05) is 0 Å². The van der Waals surface area contributed by atoms with Crippen molar-refractivity contribution in [3.05, 3.63) is 119 Å². The van der Waals surface area contributed by atoms with Crippen LogP contribution in [-0.2, 0) is 0 Å². The molecule has 0 spiro atoms. The number of benzene rings is 3. The van der Waals surface area contributed by atoms with Gasteiger partial charge in [0.2, 0.25) is 5.78 Å². The van der Waals surface area contributed by atoms with E-state index in [-0.39, 0.29) is 22.8 Å². The number of nitrogens with zero attached hydrogens (tertiary/aromatic N) is 3. The molecule has 0 radical (unpaired) electrons. The van der Waals surface area contributed by atoms with Crippen molar-refractivity contribution in [3.8, 4) is 11.8 Å². The van der Waals surface area contributed by atoms with Gasteiger partial charge in [-0.15, -0.1) is 0 Å². The largest absolute Gasteiger partial charge is 0.288 e. The van der Waals surface area contributed by atoms with Crippen LogP contribution in [0.25, 0.3) is 5.69 Å². The number of carbonyl (C=O) groups excluding carboxylic acids is 2. The molecular weight excluding hydrogens is 362 g/mol. The molecule has 1 heterocycles. The summed E-state index contributed by atoms with van der Waals surface area (Å²) in [6.45, 7) is 0. The minimum absolute atomic E-state index is 0.0535. The minimum Gasteiger partial charge on any atom is -0.288 e. The minimum atomic E-state index is -0.349. The second kappa shape index (κ2) is 7.75. The Morgan fingerprint density at radius 3 is 1.93 bits per heavy atom. The van der Waals surface area contributed by atoms with E-state index >= 15 is 0 Å². The fraction of sp³-hybridized carbons (Fsp3) is 0. The lowest BCUT2D eigenvalue weighted by molar-refractivity contribution is 0.100. The predicted molar refractivity (Wildman–Crippen MR) is 108 cm³/mol. The predicted octanol–water partition coefficient (Wildman–Crippen LogP) is 4.21. The SMILES string of the molecule is N#Cc1ccccc1-n1cc(C(=O)c2ccccc2)c(C(=O)c2ccccc2)n1. The van der Waals surface area contributed by atoms with Gasteiger partial charge < -0.3 is 0 Å². The van der Waals surface area contributed by atoms with E-state index in [1.807, 2.05) is 12.1 Å². The molecule has 3 aromatic carbocycles. The molecule has 5 heteroatoms. The van der Waals surface area contributed by atoms with E-state index in [9.17, 15) is 14.9 Å². The maximum absolute atomic E-state index is 13.1. The van der Waals surface area contributed by atoms with E-state index < -0.39 is 0 Å². The van der Waals surface area contributed by atoms with Gasteiger partial charge in [0.1, 0.15) is 11.8 Å². The Morgan fingerprint density at radius 2 is 1.31 bits per heavy atom. The number of carbonyl (C=O) groups is 2.